The van der Waals surface area contributed by atoms with Gasteiger partial charge in [-0.2, -0.15) is 5.26 Å². The molecule has 0 amide bonds. The third-order valence-corrected chi connectivity index (χ3v) is 4.24. The highest BCUT2D eigenvalue weighted by Crippen LogP contribution is 2.30. The van der Waals surface area contributed by atoms with E-state index in [1.807, 2.05) is 0 Å². The van der Waals surface area contributed by atoms with E-state index in [4.69, 9.17) is 28.5 Å². The van der Waals surface area contributed by atoms with Gasteiger partial charge in [0.05, 0.1) is 22.8 Å². The van der Waals surface area contributed by atoms with Gasteiger partial charge in [0.25, 0.3) is 0 Å². The summed E-state index contributed by atoms with van der Waals surface area (Å²) in [5.41, 5.74) is 1.24. The number of aromatic nitrogens is 1. The summed E-state index contributed by atoms with van der Waals surface area (Å²) < 4.78 is 1.19. The lowest BCUT2D eigenvalue weighted by molar-refractivity contribution is 1.17. The molecular formula is C11H6BrCl2N3S. The lowest BCUT2D eigenvalue weighted by Crippen LogP contribution is -1.99. The summed E-state index contributed by atoms with van der Waals surface area (Å²) >= 11 is 16.5. The molecule has 1 aromatic heterocycles. The number of nitriles is 1. The van der Waals surface area contributed by atoms with Crippen LogP contribution >= 0.6 is 50.5 Å². The molecule has 0 saturated carbocycles. The molecule has 0 saturated heterocycles. The third-order valence-electron chi connectivity index (χ3n) is 2.16. The largest absolute Gasteiger partial charge is 0.379 e. The van der Waals surface area contributed by atoms with Gasteiger partial charge in [0, 0.05) is 15.5 Å². The molecule has 1 N–H and O–H groups in total. The van der Waals surface area contributed by atoms with Crippen LogP contribution in [0.5, 0.6) is 0 Å². The van der Waals surface area contributed by atoms with E-state index in [-0.39, 0.29) is 0 Å². The first-order valence-corrected chi connectivity index (χ1v) is 7.20. The maximum atomic E-state index is 8.95. The molecule has 0 radical (unpaired) electrons. The highest BCUT2D eigenvalue weighted by molar-refractivity contribution is 9.10. The van der Waals surface area contributed by atoms with E-state index in [0.29, 0.717) is 31.8 Å². The number of thiazole rings is 1. The zero-order valence-corrected chi connectivity index (χ0v) is 12.8. The minimum absolute atomic E-state index is 0.506. The van der Waals surface area contributed by atoms with Crippen LogP contribution < -0.4 is 5.32 Å². The molecule has 0 spiro atoms. The number of benzene rings is 1. The van der Waals surface area contributed by atoms with Crippen LogP contribution in [0, 0.1) is 11.3 Å². The summed E-state index contributed by atoms with van der Waals surface area (Å²) in [6.07, 6.45) is 1.71. The van der Waals surface area contributed by atoms with Crippen molar-refractivity contribution in [3.63, 3.8) is 0 Å². The lowest BCUT2D eigenvalue weighted by Gasteiger charge is -2.08. The Morgan fingerprint density at radius 2 is 2.22 bits per heavy atom. The molecule has 92 valence electrons. The van der Waals surface area contributed by atoms with Crippen molar-refractivity contribution in [2.24, 2.45) is 0 Å². The number of halogens is 3. The Kier molecular flexibility index (Phi) is 4.46. The van der Waals surface area contributed by atoms with E-state index in [9.17, 15) is 0 Å². The summed E-state index contributed by atoms with van der Waals surface area (Å²) in [6.45, 7) is 0.566. The molecule has 0 aliphatic carbocycles. The van der Waals surface area contributed by atoms with Gasteiger partial charge in [-0.3, -0.25) is 0 Å². The predicted octanol–water partition coefficient (Wildman–Crippen LogP) is 4.70. The fourth-order valence-corrected chi connectivity index (χ4v) is 3.03. The number of rotatable bonds is 3. The van der Waals surface area contributed by atoms with Crippen molar-refractivity contribution >= 4 is 56.2 Å². The number of nitrogens with one attached hydrogen (secondary N) is 1. The number of nitrogens with zero attached hydrogens (tertiary/aromatic N) is 2. The maximum Gasteiger partial charge on any atom is 0.183 e. The van der Waals surface area contributed by atoms with Crippen molar-refractivity contribution in [2.75, 3.05) is 5.32 Å². The van der Waals surface area contributed by atoms with Crippen LogP contribution in [0.3, 0.4) is 0 Å². The molecule has 2 aromatic rings. The molecule has 2 rings (SSSR count). The summed E-state index contributed by atoms with van der Waals surface area (Å²) in [5, 5.41) is 12.7. The molecule has 0 unspecified atom stereocenters. The first-order chi connectivity index (χ1) is 8.60. The van der Waals surface area contributed by atoms with Crippen LogP contribution in [-0.4, -0.2) is 4.98 Å². The molecule has 3 nitrogen and oxygen atoms in total. The van der Waals surface area contributed by atoms with Crippen LogP contribution in [0.4, 0.5) is 5.69 Å². The zero-order chi connectivity index (χ0) is 13.1. The second-order valence-corrected chi connectivity index (χ2v) is 6.32. The summed E-state index contributed by atoms with van der Waals surface area (Å²) in [7, 11) is 0. The Hall–Kier alpha value is -0.800. The Bertz CT molecular complexity index is 621. The summed E-state index contributed by atoms with van der Waals surface area (Å²) in [6, 6.07) is 5.49. The Morgan fingerprint density at radius 3 is 2.83 bits per heavy atom. The van der Waals surface area contributed by atoms with E-state index in [1.165, 1.54) is 11.3 Å². The Labute approximate surface area is 126 Å². The van der Waals surface area contributed by atoms with Gasteiger partial charge < -0.3 is 5.32 Å². The quantitative estimate of drug-likeness (QED) is 0.861. The fraction of sp³-hybridized carbons (Fsp3) is 0.0909. The van der Waals surface area contributed by atoms with Crippen molar-refractivity contribution in [1.82, 2.24) is 4.98 Å². The van der Waals surface area contributed by atoms with Crippen LogP contribution in [-0.2, 0) is 6.54 Å². The fourth-order valence-electron chi connectivity index (χ4n) is 1.32. The number of hydrogen-bond acceptors (Lipinski definition) is 4. The molecule has 0 atom stereocenters. The normalized spacial score (nSPS) is 10.1. The second-order valence-electron chi connectivity index (χ2n) is 3.36. The van der Waals surface area contributed by atoms with Crippen LogP contribution in [0.15, 0.2) is 22.8 Å². The van der Waals surface area contributed by atoms with Crippen molar-refractivity contribution in [2.45, 2.75) is 6.54 Å². The van der Waals surface area contributed by atoms with E-state index in [2.05, 4.69) is 32.3 Å². The maximum absolute atomic E-state index is 8.95. The standard InChI is InChI=1S/C11H6BrCl2N3S/c12-8-2-9(13)10(1-6(8)3-15)16-4-7-5-17-11(14)18-7/h1-2,5,16H,4H2. The van der Waals surface area contributed by atoms with Gasteiger partial charge in [0.15, 0.2) is 4.47 Å². The highest BCUT2D eigenvalue weighted by Gasteiger charge is 2.07. The number of hydrogen-bond donors (Lipinski definition) is 1. The van der Waals surface area contributed by atoms with Crippen molar-refractivity contribution in [3.8, 4) is 6.07 Å². The van der Waals surface area contributed by atoms with Gasteiger partial charge in [-0.05, 0) is 28.1 Å². The predicted molar refractivity (Wildman–Crippen MR) is 78.3 cm³/mol. The minimum Gasteiger partial charge on any atom is -0.379 e. The topological polar surface area (TPSA) is 48.7 Å². The van der Waals surface area contributed by atoms with E-state index >= 15 is 0 Å². The lowest BCUT2D eigenvalue weighted by atomic mass is 10.2. The molecule has 18 heavy (non-hydrogen) atoms. The van der Waals surface area contributed by atoms with Gasteiger partial charge in [-0.25, -0.2) is 4.98 Å². The van der Waals surface area contributed by atoms with Crippen LogP contribution in [0.2, 0.25) is 9.49 Å². The van der Waals surface area contributed by atoms with Crippen LogP contribution in [0.25, 0.3) is 0 Å². The van der Waals surface area contributed by atoms with Crippen LogP contribution in [0.1, 0.15) is 10.4 Å². The molecule has 0 bridgehead atoms. The molecule has 1 heterocycles. The molecule has 0 aliphatic rings. The van der Waals surface area contributed by atoms with Crippen molar-refractivity contribution < 1.29 is 0 Å². The SMILES string of the molecule is N#Cc1cc(NCc2cnc(Cl)s2)c(Cl)cc1Br. The van der Waals surface area contributed by atoms with Gasteiger partial charge >= 0.3 is 0 Å². The van der Waals surface area contributed by atoms with E-state index in [1.54, 1.807) is 18.3 Å². The van der Waals surface area contributed by atoms with Gasteiger partial charge in [0.2, 0.25) is 0 Å². The Morgan fingerprint density at radius 1 is 1.44 bits per heavy atom. The van der Waals surface area contributed by atoms with Gasteiger partial charge in [0.1, 0.15) is 6.07 Å². The van der Waals surface area contributed by atoms with Crippen molar-refractivity contribution in [3.05, 3.63) is 42.7 Å². The zero-order valence-electron chi connectivity index (χ0n) is 8.88. The van der Waals surface area contributed by atoms with E-state index in [0.717, 1.165) is 4.88 Å². The molecular weight excluding hydrogens is 357 g/mol. The second kappa shape index (κ2) is 5.89. The van der Waals surface area contributed by atoms with Gasteiger partial charge in [-0.15, -0.1) is 11.3 Å². The van der Waals surface area contributed by atoms with Gasteiger partial charge in [-0.1, -0.05) is 23.2 Å². The summed E-state index contributed by atoms with van der Waals surface area (Å²) in [4.78, 5) is 4.95. The highest BCUT2D eigenvalue weighted by atomic mass is 79.9. The molecule has 7 heteroatoms. The molecule has 0 aliphatic heterocycles. The smallest absolute Gasteiger partial charge is 0.183 e. The first kappa shape index (κ1) is 13.6. The Balaban J connectivity index is 2.17. The number of anilines is 1. The average Bonchev–Trinajstić information content (AvgIpc) is 2.74. The molecule has 0 fully saturated rings. The average molecular weight is 363 g/mol. The first-order valence-electron chi connectivity index (χ1n) is 4.83. The third kappa shape index (κ3) is 3.15. The van der Waals surface area contributed by atoms with Crippen molar-refractivity contribution in [1.29, 1.82) is 5.26 Å². The van der Waals surface area contributed by atoms with E-state index < -0.39 is 0 Å². The minimum atomic E-state index is 0.506. The monoisotopic (exact) mass is 361 g/mol. The summed E-state index contributed by atoms with van der Waals surface area (Å²) in [5.74, 6) is 0. The molecule has 1 aromatic carbocycles.